The maximum Gasteiger partial charge on any atom is 0.136 e. The molecule has 50 heavy (non-hydrogen) atoms. The molecule has 11 aromatic rings. The van der Waals surface area contributed by atoms with Crippen molar-refractivity contribution >= 4 is 97.1 Å². The van der Waals surface area contributed by atoms with Crippen molar-refractivity contribution in [2.45, 2.75) is 0 Å². The molecule has 0 saturated carbocycles. The van der Waals surface area contributed by atoms with E-state index in [0.29, 0.717) is 11.1 Å². The molecule has 0 bridgehead atoms. The Morgan fingerprint density at radius 3 is 1.66 bits per heavy atom. The van der Waals surface area contributed by atoms with Crippen LogP contribution in [-0.2, 0) is 0 Å². The van der Waals surface area contributed by atoms with Crippen molar-refractivity contribution in [3.8, 4) is 23.5 Å². The normalized spacial score (nSPS) is 12.0. The highest BCUT2D eigenvalue weighted by molar-refractivity contribution is 7.25. The van der Waals surface area contributed by atoms with Crippen LogP contribution < -0.4 is 0 Å². The average molecular weight is 655 g/mol. The fourth-order valence-corrected chi connectivity index (χ4v) is 9.00. The minimum absolute atomic E-state index is 0.627. The Kier molecular flexibility index (Phi) is 5.34. The molecule has 6 heteroatoms. The molecule has 11 rings (SSSR count). The van der Waals surface area contributed by atoms with E-state index in [-0.39, 0.29) is 0 Å². The number of nitriles is 2. The second-order valence-corrected chi connectivity index (χ2v) is 13.9. The molecule has 230 valence electrons. The highest BCUT2D eigenvalue weighted by atomic mass is 32.1. The lowest BCUT2D eigenvalue weighted by Gasteiger charge is -2.10. The SMILES string of the molecule is N#Cc1ccc2c(c1)c1ccccc1n2-c1ccc2sc3ccc(-n4c5ccc(C#N)cc5c5cc6oc7ccccc7c6cc54)cc3c2c1. The van der Waals surface area contributed by atoms with Crippen LogP contribution in [0.5, 0.6) is 0 Å². The van der Waals surface area contributed by atoms with Gasteiger partial charge in [0.2, 0.25) is 0 Å². The van der Waals surface area contributed by atoms with E-state index in [1.165, 1.54) is 20.2 Å². The van der Waals surface area contributed by atoms with E-state index in [0.717, 1.165) is 76.9 Å². The highest BCUT2D eigenvalue weighted by Gasteiger charge is 2.19. The van der Waals surface area contributed by atoms with Crippen molar-refractivity contribution in [3.05, 3.63) is 145 Å². The lowest BCUT2D eigenvalue weighted by atomic mass is 10.1. The molecule has 0 amide bonds. The van der Waals surface area contributed by atoms with Crippen molar-refractivity contribution < 1.29 is 4.42 Å². The van der Waals surface area contributed by atoms with Crippen LogP contribution in [0.1, 0.15) is 11.1 Å². The smallest absolute Gasteiger partial charge is 0.136 e. The Morgan fingerprint density at radius 2 is 0.980 bits per heavy atom. The Morgan fingerprint density at radius 1 is 0.420 bits per heavy atom. The first-order chi connectivity index (χ1) is 24.7. The summed E-state index contributed by atoms with van der Waals surface area (Å²) < 4.78 is 13.4. The van der Waals surface area contributed by atoms with Crippen LogP contribution in [0.25, 0.3) is 97.1 Å². The first-order valence-corrected chi connectivity index (χ1v) is 17.2. The Labute approximate surface area is 288 Å². The Bertz CT molecular complexity index is 3360. The predicted molar refractivity (Wildman–Crippen MR) is 205 cm³/mol. The van der Waals surface area contributed by atoms with Gasteiger partial charge in [-0.1, -0.05) is 36.4 Å². The molecule has 0 spiro atoms. The fourth-order valence-electron chi connectivity index (χ4n) is 7.94. The van der Waals surface area contributed by atoms with Gasteiger partial charge in [-0.15, -0.1) is 11.3 Å². The second kappa shape index (κ2) is 9.84. The summed E-state index contributed by atoms with van der Waals surface area (Å²) >= 11 is 1.80. The van der Waals surface area contributed by atoms with Crippen molar-refractivity contribution in [2.75, 3.05) is 0 Å². The van der Waals surface area contributed by atoms with Crippen LogP contribution >= 0.6 is 11.3 Å². The van der Waals surface area contributed by atoms with Gasteiger partial charge in [-0.2, -0.15) is 10.5 Å². The minimum atomic E-state index is 0.627. The molecule has 0 atom stereocenters. The molecule has 4 heterocycles. The van der Waals surface area contributed by atoms with E-state index >= 15 is 0 Å². The van der Waals surface area contributed by atoms with Gasteiger partial charge in [0, 0.05) is 63.9 Å². The lowest BCUT2D eigenvalue weighted by molar-refractivity contribution is 0.669. The van der Waals surface area contributed by atoms with Gasteiger partial charge in [-0.3, -0.25) is 0 Å². The topological polar surface area (TPSA) is 70.6 Å². The van der Waals surface area contributed by atoms with E-state index in [9.17, 15) is 10.5 Å². The molecule has 0 N–H and O–H groups in total. The number of nitrogens with zero attached hydrogens (tertiary/aromatic N) is 4. The van der Waals surface area contributed by atoms with Gasteiger partial charge in [0.1, 0.15) is 11.2 Å². The van der Waals surface area contributed by atoms with E-state index in [1.54, 1.807) is 11.3 Å². The zero-order chi connectivity index (χ0) is 33.1. The number of aromatic nitrogens is 2. The number of benzene rings is 7. The van der Waals surface area contributed by atoms with Crippen LogP contribution in [0.15, 0.2) is 138 Å². The van der Waals surface area contributed by atoms with Crippen LogP contribution in [-0.4, -0.2) is 9.13 Å². The molecule has 0 aliphatic carbocycles. The van der Waals surface area contributed by atoms with Gasteiger partial charge in [0.25, 0.3) is 0 Å². The van der Waals surface area contributed by atoms with Crippen molar-refractivity contribution in [3.63, 3.8) is 0 Å². The van der Waals surface area contributed by atoms with E-state index in [1.807, 2.05) is 42.5 Å². The Balaban J connectivity index is 1.18. The highest BCUT2D eigenvalue weighted by Crippen LogP contribution is 2.42. The first kappa shape index (κ1) is 27.1. The third-order valence-corrected chi connectivity index (χ3v) is 11.3. The van der Waals surface area contributed by atoms with Gasteiger partial charge in [-0.05, 0) is 97.1 Å². The maximum absolute atomic E-state index is 9.80. The maximum atomic E-state index is 9.80. The molecule has 0 radical (unpaired) electrons. The fraction of sp³-hybridized carbons (Fsp3) is 0. The molecular weight excluding hydrogens is 633 g/mol. The zero-order valence-corrected chi connectivity index (χ0v) is 27.1. The second-order valence-electron chi connectivity index (χ2n) is 12.8. The summed E-state index contributed by atoms with van der Waals surface area (Å²) in [5.74, 6) is 0. The monoisotopic (exact) mass is 654 g/mol. The molecule has 4 aromatic heterocycles. The van der Waals surface area contributed by atoms with Gasteiger partial charge in [0.15, 0.2) is 0 Å². The summed E-state index contributed by atoms with van der Waals surface area (Å²) in [5, 5.41) is 28.2. The quantitative estimate of drug-likeness (QED) is 0.186. The molecule has 0 saturated heterocycles. The molecule has 7 aromatic carbocycles. The number of thiophene rings is 1. The van der Waals surface area contributed by atoms with Crippen LogP contribution in [0, 0.1) is 22.7 Å². The molecular formula is C44H22N4OS. The standard InChI is InChI=1S/C44H22N4OS/c45-23-25-9-13-38-31(17-25)29-5-1-3-7-37(29)47(38)27-11-15-43-35(19-27)36-20-28(12-16-44(36)50-43)48-39-14-10-26(24-46)18-32(39)33-22-42-34(21-40(33)48)30-6-2-4-8-41(30)49-42/h1-22H. The molecule has 0 aliphatic heterocycles. The summed E-state index contributed by atoms with van der Waals surface area (Å²) in [5.41, 5.74) is 9.40. The molecule has 0 unspecified atom stereocenters. The summed E-state index contributed by atoms with van der Waals surface area (Å²) in [7, 11) is 0. The van der Waals surface area contributed by atoms with Gasteiger partial charge >= 0.3 is 0 Å². The van der Waals surface area contributed by atoms with Gasteiger partial charge < -0.3 is 13.6 Å². The van der Waals surface area contributed by atoms with Crippen molar-refractivity contribution in [1.82, 2.24) is 9.13 Å². The first-order valence-electron chi connectivity index (χ1n) is 16.4. The third kappa shape index (κ3) is 3.63. The molecule has 5 nitrogen and oxygen atoms in total. The third-order valence-electron chi connectivity index (χ3n) is 10.1. The van der Waals surface area contributed by atoms with E-state index in [4.69, 9.17) is 4.42 Å². The van der Waals surface area contributed by atoms with Crippen molar-refractivity contribution in [1.29, 1.82) is 10.5 Å². The summed E-state index contributed by atoms with van der Waals surface area (Å²) in [6, 6.07) is 50.9. The number of fused-ring (bicyclic) bond motifs is 12. The van der Waals surface area contributed by atoms with Crippen LogP contribution in [0.2, 0.25) is 0 Å². The number of para-hydroxylation sites is 2. The summed E-state index contributed by atoms with van der Waals surface area (Å²) in [4.78, 5) is 0. The van der Waals surface area contributed by atoms with Crippen molar-refractivity contribution in [2.24, 2.45) is 0 Å². The number of furan rings is 1. The summed E-state index contributed by atoms with van der Waals surface area (Å²) in [6.07, 6.45) is 0. The summed E-state index contributed by atoms with van der Waals surface area (Å²) in [6.45, 7) is 0. The van der Waals surface area contributed by atoms with Crippen LogP contribution in [0.4, 0.5) is 0 Å². The van der Waals surface area contributed by atoms with E-state index in [2.05, 4.69) is 112 Å². The lowest BCUT2D eigenvalue weighted by Crippen LogP contribution is -1.94. The van der Waals surface area contributed by atoms with E-state index < -0.39 is 0 Å². The Hall–Kier alpha value is -6.86. The number of rotatable bonds is 2. The van der Waals surface area contributed by atoms with Crippen LogP contribution in [0.3, 0.4) is 0 Å². The molecule has 0 fully saturated rings. The minimum Gasteiger partial charge on any atom is -0.456 e. The predicted octanol–water partition coefficient (Wildman–Crippen LogP) is 11.9. The number of hydrogen-bond acceptors (Lipinski definition) is 4. The largest absolute Gasteiger partial charge is 0.456 e. The zero-order valence-electron chi connectivity index (χ0n) is 26.3. The number of hydrogen-bond donors (Lipinski definition) is 0. The van der Waals surface area contributed by atoms with Gasteiger partial charge in [0.05, 0.1) is 45.3 Å². The molecule has 0 aliphatic rings. The van der Waals surface area contributed by atoms with Gasteiger partial charge in [-0.25, -0.2) is 0 Å². The average Bonchev–Trinajstić information content (AvgIpc) is 3.90.